The molecule has 0 aliphatic carbocycles. The van der Waals surface area contributed by atoms with Gasteiger partial charge in [0.25, 0.3) is 0 Å². The van der Waals surface area contributed by atoms with Crippen molar-refractivity contribution in [2.75, 3.05) is 0 Å². The van der Waals surface area contributed by atoms with Crippen molar-refractivity contribution in [3.05, 3.63) is 83.4 Å². The Hall–Kier alpha value is -3.92. The van der Waals surface area contributed by atoms with E-state index in [1.54, 1.807) is 0 Å². The van der Waals surface area contributed by atoms with Crippen molar-refractivity contribution >= 4 is 57.1 Å². The Bertz CT molecular complexity index is 1460. The van der Waals surface area contributed by atoms with Gasteiger partial charge in [0.2, 0.25) is 0 Å². The Morgan fingerprint density at radius 2 is 1.18 bits per heavy atom. The molecule has 0 fully saturated rings. The van der Waals surface area contributed by atoms with E-state index in [0.717, 1.165) is 55.6 Å². The molecule has 132 valence electrons. The SMILES string of the molecule is C1=Cc2nc1ccc1ccc([nH]1)c1nc(c3ccccc3c3ccc2[nH]3)C=C1. The van der Waals surface area contributed by atoms with Crippen LogP contribution in [-0.4, -0.2) is 19.9 Å². The summed E-state index contributed by atoms with van der Waals surface area (Å²) in [5.41, 5.74) is 7.89. The molecule has 2 aliphatic rings. The summed E-state index contributed by atoms with van der Waals surface area (Å²) < 4.78 is 0. The lowest BCUT2D eigenvalue weighted by atomic mass is 10.1. The molecule has 2 N–H and O–H groups in total. The molecule has 5 heterocycles. The maximum absolute atomic E-state index is 4.88. The topological polar surface area (TPSA) is 57.4 Å². The Morgan fingerprint density at radius 3 is 2.14 bits per heavy atom. The van der Waals surface area contributed by atoms with Crippen molar-refractivity contribution in [3.63, 3.8) is 0 Å². The number of hydrogen-bond acceptors (Lipinski definition) is 2. The van der Waals surface area contributed by atoms with Gasteiger partial charge in [-0.3, -0.25) is 0 Å². The molecule has 28 heavy (non-hydrogen) atoms. The van der Waals surface area contributed by atoms with Crippen molar-refractivity contribution in [2.24, 2.45) is 0 Å². The third kappa shape index (κ3) is 2.39. The first kappa shape index (κ1) is 15.2. The highest BCUT2D eigenvalue weighted by Gasteiger charge is 2.07. The number of rotatable bonds is 0. The zero-order valence-corrected chi connectivity index (χ0v) is 15.0. The number of hydrogen-bond donors (Lipinski definition) is 2. The lowest BCUT2D eigenvalue weighted by Gasteiger charge is -1.97. The molecule has 4 nitrogen and oxygen atoms in total. The summed E-state index contributed by atoms with van der Waals surface area (Å²) in [5.74, 6) is 0. The number of aromatic amines is 2. The van der Waals surface area contributed by atoms with E-state index in [4.69, 9.17) is 9.97 Å². The summed E-state index contributed by atoms with van der Waals surface area (Å²) >= 11 is 0. The minimum absolute atomic E-state index is 0.934. The van der Waals surface area contributed by atoms with Gasteiger partial charge in [-0.05, 0) is 60.7 Å². The predicted molar refractivity (Wildman–Crippen MR) is 116 cm³/mol. The van der Waals surface area contributed by atoms with Crippen molar-refractivity contribution in [1.29, 1.82) is 0 Å². The fourth-order valence-corrected chi connectivity index (χ4v) is 3.76. The Morgan fingerprint density at radius 1 is 0.500 bits per heavy atom. The van der Waals surface area contributed by atoms with Gasteiger partial charge < -0.3 is 9.97 Å². The van der Waals surface area contributed by atoms with Crippen LogP contribution in [0.2, 0.25) is 0 Å². The van der Waals surface area contributed by atoms with Crippen molar-refractivity contribution < 1.29 is 0 Å². The van der Waals surface area contributed by atoms with E-state index in [-0.39, 0.29) is 0 Å². The molecule has 0 amide bonds. The number of aromatic nitrogens is 4. The molecule has 0 saturated carbocycles. The van der Waals surface area contributed by atoms with E-state index in [0.29, 0.717) is 0 Å². The molecular formula is C24H16N4. The molecule has 2 aliphatic heterocycles. The van der Waals surface area contributed by atoms with Crippen LogP contribution in [0.5, 0.6) is 0 Å². The summed E-state index contributed by atoms with van der Waals surface area (Å²) in [7, 11) is 0. The van der Waals surface area contributed by atoms with Crippen LogP contribution in [0.25, 0.3) is 57.1 Å². The maximum atomic E-state index is 4.88. The van der Waals surface area contributed by atoms with E-state index >= 15 is 0 Å². The molecule has 1 aromatic carbocycles. The third-order valence-electron chi connectivity index (χ3n) is 5.17. The van der Waals surface area contributed by atoms with Gasteiger partial charge in [-0.2, -0.15) is 0 Å². The van der Waals surface area contributed by atoms with E-state index in [1.165, 1.54) is 0 Å². The zero-order valence-electron chi connectivity index (χ0n) is 15.0. The number of nitrogens with one attached hydrogen (secondary N) is 2. The van der Waals surface area contributed by atoms with Crippen LogP contribution in [0.3, 0.4) is 0 Å². The summed E-state index contributed by atoms with van der Waals surface area (Å²) in [6.07, 6.45) is 8.22. The van der Waals surface area contributed by atoms with Crippen LogP contribution in [0.15, 0.2) is 60.7 Å². The quantitative estimate of drug-likeness (QED) is 0.359. The Labute approximate surface area is 160 Å². The van der Waals surface area contributed by atoms with Crippen molar-refractivity contribution in [2.45, 2.75) is 0 Å². The summed E-state index contributed by atoms with van der Waals surface area (Å²) in [4.78, 5) is 16.6. The Kier molecular flexibility index (Phi) is 3.14. The minimum atomic E-state index is 0.934. The van der Waals surface area contributed by atoms with Crippen LogP contribution in [0.4, 0.5) is 0 Å². The van der Waals surface area contributed by atoms with E-state index in [1.807, 2.05) is 24.3 Å². The first-order valence-corrected chi connectivity index (χ1v) is 9.28. The van der Waals surface area contributed by atoms with Gasteiger partial charge in [-0.25, -0.2) is 9.97 Å². The molecule has 4 aromatic rings. The van der Waals surface area contributed by atoms with Gasteiger partial charge in [0, 0.05) is 21.8 Å². The number of nitrogens with zero attached hydrogens (tertiary/aromatic N) is 2. The highest BCUT2D eigenvalue weighted by molar-refractivity contribution is 6.01. The minimum Gasteiger partial charge on any atom is -0.354 e. The smallest absolute Gasteiger partial charge is 0.0872 e. The standard InChI is InChI=1S/C24H16N4/c1-2-4-18-17(3-1)19-11-13-23(27-19)21-9-7-15(25-21)5-6-16-8-10-22(26-16)24-14-12-20(18)28-24/h1-14,25,28H. The second kappa shape index (κ2) is 5.79. The molecule has 0 saturated heterocycles. The maximum Gasteiger partial charge on any atom is 0.0872 e. The Balaban J connectivity index is 1.81. The van der Waals surface area contributed by atoms with Crippen LogP contribution >= 0.6 is 0 Å². The van der Waals surface area contributed by atoms with Gasteiger partial charge in [0.05, 0.1) is 33.8 Å². The first-order valence-electron chi connectivity index (χ1n) is 9.28. The molecule has 4 heteroatoms. The molecule has 0 unspecified atom stereocenters. The normalized spacial score (nSPS) is 12.7. The fraction of sp³-hybridized carbons (Fsp3) is 0. The predicted octanol–water partition coefficient (Wildman–Crippen LogP) is 5.81. The molecule has 6 rings (SSSR count). The number of H-pyrrole nitrogens is 2. The monoisotopic (exact) mass is 360 g/mol. The van der Waals surface area contributed by atoms with Gasteiger partial charge >= 0.3 is 0 Å². The molecule has 0 radical (unpaired) electrons. The van der Waals surface area contributed by atoms with Gasteiger partial charge in [0.1, 0.15) is 0 Å². The summed E-state index contributed by atoms with van der Waals surface area (Å²) in [6, 6.07) is 20.7. The molecule has 8 bridgehead atoms. The summed E-state index contributed by atoms with van der Waals surface area (Å²) in [5, 5.41) is 2.24. The largest absolute Gasteiger partial charge is 0.354 e. The zero-order chi connectivity index (χ0) is 18.5. The van der Waals surface area contributed by atoms with E-state index in [2.05, 4.69) is 70.7 Å². The van der Waals surface area contributed by atoms with Crippen LogP contribution in [0.1, 0.15) is 22.8 Å². The van der Waals surface area contributed by atoms with Crippen LogP contribution < -0.4 is 0 Å². The number of benzene rings is 1. The van der Waals surface area contributed by atoms with Crippen molar-refractivity contribution in [3.8, 4) is 0 Å². The second-order valence-electron chi connectivity index (χ2n) is 6.96. The van der Waals surface area contributed by atoms with Crippen LogP contribution in [0, 0.1) is 0 Å². The molecule has 0 atom stereocenters. The lowest BCUT2D eigenvalue weighted by Crippen LogP contribution is -1.80. The number of fused-ring (bicyclic) bond motifs is 13. The first-order chi connectivity index (χ1) is 13.8. The van der Waals surface area contributed by atoms with Crippen molar-refractivity contribution in [1.82, 2.24) is 19.9 Å². The molecule has 3 aromatic heterocycles. The molecule has 0 spiro atoms. The van der Waals surface area contributed by atoms with E-state index in [9.17, 15) is 0 Å². The average molecular weight is 360 g/mol. The van der Waals surface area contributed by atoms with Gasteiger partial charge in [-0.1, -0.05) is 24.3 Å². The van der Waals surface area contributed by atoms with Gasteiger partial charge in [0.15, 0.2) is 0 Å². The third-order valence-corrected chi connectivity index (χ3v) is 5.17. The van der Waals surface area contributed by atoms with Gasteiger partial charge in [-0.15, -0.1) is 0 Å². The fourth-order valence-electron chi connectivity index (χ4n) is 3.76. The molecular weight excluding hydrogens is 344 g/mol. The average Bonchev–Trinajstić information content (AvgIpc) is 3.52. The van der Waals surface area contributed by atoms with Crippen LogP contribution in [-0.2, 0) is 0 Å². The lowest BCUT2D eigenvalue weighted by molar-refractivity contribution is 1.32. The highest BCUT2D eigenvalue weighted by Crippen LogP contribution is 2.25. The van der Waals surface area contributed by atoms with E-state index < -0.39 is 0 Å². The summed E-state index contributed by atoms with van der Waals surface area (Å²) in [6.45, 7) is 0. The highest BCUT2D eigenvalue weighted by atomic mass is 14.8. The second-order valence-corrected chi connectivity index (χ2v) is 6.96.